The third-order valence-corrected chi connectivity index (χ3v) is 2.25. The Kier molecular flexibility index (Phi) is 5.71. The van der Waals surface area contributed by atoms with Crippen LogP contribution in [0.4, 0.5) is 0 Å². The molecule has 0 saturated carbocycles. The van der Waals surface area contributed by atoms with Crippen LogP contribution >= 0.6 is 0 Å². The van der Waals surface area contributed by atoms with Gasteiger partial charge in [0.15, 0.2) is 5.78 Å². The molecule has 0 atom stereocenters. The third-order valence-electron chi connectivity index (χ3n) is 2.25. The summed E-state index contributed by atoms with van der Waals surface area (Å²) in [7, 11) is 0. The molecule has 0 radical (unpaired) electrons. The summed E-state index contributed by atoms with van der Waals surface area (Å²) in [6.07, 6.45) is 0.0775. The van der Waals surface area contributed by atoms with E-state index in [-0.39, 0.29) is 19.6 Å². The van der Waals surface area contributed by atoms with Crippen LogP contribution in [0.2, 0.25) is 0 Å². The van der Waals surface area contributed by atoms with E-state index in [0.29, 0.717) is 0 Å². The molecule has 0 aliphatic heterocycles. The van der Waals surface area contributed by atoms with Gasteiger partial charge in [0.05, 0.1) is 13.2 Å². The fourth-order valence-electron chi connectivity index (χ4n) is 1.22. The van der Waals surface area contributed by atoms with Crippen molar-refractivity contribution < 1.29 is 23.9 Å². The summed E-state index contributed by atoms with van der Waals surface area (Å²) in [5.41, 5.74) is -1.83. The Bertz CT molecular complexity index is 264. The van der Waals surface area contributed by atoms with E-state index in [1.54, 1.807) is 20.8 Å². The summed E-state index contributed by atoms with van der Waals surface area (Å²) < 4.78 is 9.47. The minimum atomic E-state index is -1.83. The zero-order chi connectivity index (χ0) is 12.8. The van der Waals surface area contributed by atoms with Crippen molar-refractivity contribution in [2.24, 2.45) is 5.41 Å². The smallest absolute Gasteiger partial charge is 0.330 e. The van der Waals surface area contributed by atoms with Crippen LogP contribution in [-0.2, 0) is 23.9 Å². The molecule has 0 spiro atoms. The summed E-state index contributed by atoms with van der Waals surface area (Å²) >= 11 is 0. The Morgan fingerprint density at radius 2 is 1.31 bits per heavy atom. The molecular weight excluding hydrogens is 212 g/mol. The SMILES string of the molecule is CCOC(=O)C(C)(C(=O)CC)C(=O)OCC. The van der Waals surface area contributed by atoms with Gasteiger partial charge in [-0.25, -0.2) is 0 Å². The van der Waals surface area contributed by atoms with Crippen LogP contribution in [0.1, 0.15) is 34.1 Å². The van der Waals surface area contributed by atoms with Crippen LogP contribution in [0.15, 0.2) is 0 Å². The fraction of sp³-hybridized carbons (Fsp3) is 0.727. The molecule has 0 aromatic carbocycles. The van der Waals surface area contributed by atoms with Crippen LogP contribution < -0.4 is 0 Å². The predicted octanol–water partition coefficient (Wildman–Crippen LogP) is 1.10. The van der Waals surface area contributed by atoms with Gasteiger partial charge >= 0.3 is 11.9 Å². The topological polar surface area (TPSA) is 69.7 Å². The van der Waals surface area contributed by atoms with E-state index in [4.69, 9.17) is 9.47 Å². The maximum atomic E-state index is 11.7. The van der Waals surface area contributed by atoms with Crippen LogP contribution in [0.25, 0.3) is 0 Å². The van der Waals surface area contributed by atoms with Gasteiger partial charge in [0.2, 0.25) is 5.41 Å². The molecule has 92 valence electrons. The van der Waals surface area contributed by atoms with E-state index in [2.05, 4.69) is 0 Å². The van der Waals surface area contributed by atoms with Gasteiger partial charge in [0, 0.05) is 6.42 Å². The number of esters is 2. The maximum Gasteiger partial charge on any atom is 0.330 e. The van der Waals surface area contributed by atoms with Gasteiger partial charge in [-0.1, -0.05) is 6.92 Å². The molecule has 0 bridgehead atoms. The molecule has 0 rings (SSSR count). The number of carbonyl (C=O) groups excluding carboxylic acids is 3. The van der Waals surface area contributed by atoms with Crippen molar-refractivity contribution in [1.82, 2.24) is 0 Å². The first-order valence-corrected chi connectivity index (χ1v) is 5.32. The second kappa shape index (κ2) is 6.25. The van der Waals surface area contributed by atoms with E-state index in [9.17, 15) is 14.4 Å². The number of hydrogen-bond donors (Lipinski definition) is 0. The summed E-state index contributed by atoms with van der Waals surface area (Å²) in [6, 6.07) is 0. The minimum absolute atomic E-state index is 0.0775. The first-order chi connectivity index (χ1) is 7.44. The minimum Gasteiger partial charge on any atom is -0.465 e. The van der Waals surface area contributed by atoms with E-state index in [1.807, 2.05) is 0 Å². The highest BCUT2D eigenvalue weighted by atomic mass is 16.6. The van der Waals surface area contributed by atoms with Crippen LogP contribution in [-0.4, -0.2) is 30.9 Å². The Labute approximate surface area is 95.1 Å². The Balaban J connectivity index is 5.10. The number of rotatable bonds is 6. The molecule has 0 heterocycles. The Morgan fingerprint density at radius 1 is 0.938 bits per heavy atom. The predicted molar refractivity (Wildman–Crippen MR) is 56.7 cm³/mol. The summed E-state index contributed by atoms with van der Waals surface area (Å²) in [4.78, 5) is 34.9. The molecule has 0 N–H and O–H groups in total. The lowest BCUT2D eigenvalue weighted by Gasteiger charge is -2.22. The van der Waals surface area contributed by atoms with Crippen molar-refractivity contribution in [3.63, 3.8) is 0 Å². The number of ether oxygens (including phenoxy) is 2. The van der Waals surface area contributed by atoms with E-state index in [1.165, 1.54) is 6.92 Å². The largest absolute Gasteiger partial charge is 0.465 e. The summed E-state index contributed by atoms with van der Waals surface area (Å²) in [5, 5.41) is 0. The van der Waals surface area contributed by atoms with E-state index in [0.717, 1.165) is 0 Å². The lowest BCUT2D eigenvalue weighted by atomic mass is 9.84. The summed E-state index contributed by atoms with van der Waals surface area (Å²) in [5.74, 6) is -2.19. The van der Waals surface area contributed by atoms with E-state index >= 15 is 0 Å². The van der Waals surface area contributed by atoms with Gasteiger partial charge in [0.25, 0.3) is 0 Å². The first-order valence-electron chi connectivity index (χ1n) is 5.32. The second-order valence-corrected chi connectivity index (χ2v) is 3.34. The molecule has 0 unspecified atom stereocenters. The molecule has 0 fully saturated rings. The molecule has 0 aromatic rings. The van der Waals surface area contributed by atoms with Crippen LogP contribution in [0.3, 0.4) is 0 Å². The molecule has 16 heavy (non-hydrogen) atoms. The average molecular weight is 230 g/mol. The number of ketones is 1. The van der Waals surface area contributed by atoms with Crippen molar-refractivity contribution in [3.8, 4) is 0 Å². The fourth-order valence-corrected chi connectivity index (χ4v) is 1.22. The van der Waals surface area contributed by atoms with Gasteiger partial charge in [-0.05, 0) is 20.8 Å². The highest BCUT2D eigenvalue weighted by molar-refractivity contribution is 6.19. The standard InChI is InChI=1S/C11H18O5/c1-5-8(12)11(4,9(13)15-6-2)10(14)16-7-3/h5-7H2,1-4H3. The number of carbonyl (C=O) groups is 3. The van der Waals surface area contributed by atoms with Gasteiger partial charge in [0.1, 0.15) is 0 Å². The van der Waals surface area contributed by atoms with Gasteiger partial charge in [-0.2, -0.15) is 0 Å². The molecule has 5 heteroatoms. The van der Waals surface area contributed by atoms with Crippen molar-refractivity contribution >= 4 is 17.7 Å². The highest BCUT2D eigenvalue weighted by Gasteiger charge is 2.50. The number of Topliss-reactive ketones (excluding diaryl/α,β-unsaturated/α-hetero) is 1. The monoisotopic (exact) mass is 230 g/mol. The first kappa shape index (κ1) is 14.6. The van der Waals surface area contributed by atoms with Crippen LogP contribution in [0.5, 0.6) is 0 Å². The van der Waals surface area contributed by atoms with Crippen molar-refractivity contribution in [2.75, 3.05) is 13.2 Å². The van der Waals surface area contributed by atoms with Crippen molar-refractivity contribution in [1.29, 1.82) is 0 Å². The second-order valence-electron chi connectivity index (χ2n) is 3.34. The van der Waals surface area contributed by atoms with Crippen molar-refractivity contribution in [3.05, 3.63) is 0 Å². The molecule has 0 aliphatic carbocycles. The third kappa shape index (κ3) is 2.81. The lowest BCUT2D eigenvalue weighted by Crippen LogP contribution is -2.45. The number of hydrogen-bond acceptors (Lipinski definition) is 5. The van der Waals surface area contributed by atoms with E-state index < -0.39 is 23.1 Å². The quantitative estimate of drug-likeness (QED) is 0.504. The van der Waals surface area contributed by atoms with Crippen LogP contribution in [0, 0.1) is 5.41 Å². The van der Waals surface area contributed by atoms with Gasteiger partial charge < -0.3 is 9.47 Å². The maximum absolute atomic E-state index is 11.7. The van der Waals surface area contributed by atoms with Gasteiger partial charge in [-0.3, -0.25) is 14.4 Å². The zero-order valence-corrected chi connectivity index (χ0v) is 10.2. The summed E-state index contributed by atoms with van der Waals surface area (Å²) in [6.45, 7) is 6.28. The lowest BCUT2D eigenvalue weighted by molar-refractivity contribution is -0.173. The Hall–Kier alpha value is -1.39. The Morgan fingerprint density at radius 3 is 1.56 bits per heavy atom. The van der Waals surface area contributed by atoms with Gasteiger partial charge in [-0.15, -0.1) is 0 Å². The average Bonchev–Trinajstić information content (AvgIpc) is 2.27. The molecule has 0 amide bonds. The zero-order valence-electron chi connectivity index (χ0n) is 10.2. The van der Waals surface area contributed by atoms with Crippen molar-refractivity contribution in [2.45, 2.75) is 34.1 Å². The molecule has 5 nitrogen and oxygen atoms in total. The molecule has 0 aliphatic rings. The normalized spacial score (nSPS) is 10.8. The molecule has 0 aromatic heterocycles. The highest BCUT2D eigenvalue weighted by Crippen LogP contribution is 2.24. The molecular formula is C11H18O5. The molecule has 0 saturated heterocycles.